The fourth-order valence-electron chi connectivity index (χ4n) is 1.02. The minimum atomic E-state index is -0.0540. The minimum Gasteiger partial charge on any atom is -0.336 e. The van der Waals surface area contributed by atoms with Crippen molar-refractivity contribution in [2.75, 3.05) is 13.6 Å². The molecule has 0 bridgehead atoms. The van der Waals surface area contributed by atoms with Gasteiger partial charge in [0, 0.05) is 34.4 Å². The Morgan fingerprint density at radius 2 is 2.38 bits per heavy atom. The van der Waals surface area contributed by atoms with Crippen LogP contribution in [0.25, 0.3) is 0 Å². The van der Waals surface area contributed by atoms with Crippen LogP contribution in [0.5, 0.6) is 0 Å². The molecule has 0 aliphatic carbocycles. The molecule has 0 saturated heterocycles. The number of hydrogen-bond acceptors (Lipinski definition) is 2. The number of carbonyl (C=O) groups is 1. The summed E-state index contributed by atoms with van der Waals surface area (Å²) < 4.78 is 0. The van der Waals surface area contributed by atoms with E-state index in [-0.39, 0.29) is 4.82 Å². The van der Waals surface area contributed by atoms with E-state index < -0.39 is 0 Å². The lowest BCUT2D eigenvalue weighted by molar-refractivity contribution is 0.235. The maximum absolute atomic E-state index is 10.8. The van der Waals surface area contributed by atoms with Gasteiger partial charge in [-0.2, -0.15) is 0 Å². The molecule has 1 amide bonds. The van der Waals surface area contributed by atoms with Gasteiger partial charge in [0.05, 0.1) is 0 Å². The molecule has 0 spiro atoms. The Bertz CT molecular complexity index is 298. The monoisotopic (exact) mass is 261 g/mol. The molecule has 0 saturated carbocycles. The quantitative estimate of drug-likeness (QED) is 0.605. The van der Waals surface area contributed by atoms with Gasteiger partial charge in [-0.3, -0.25) is 4.79 Å². The summed E-state index contributed by atoms with van der Waals surface area (Å²) in [7, 11) is 1.79. The first-order valence-electron chi connectivity index (χ1n) is 4.05. The van der Waals surface area contributed by atoms with E-state index in [0.29, 0.717) is 0 Å². The Labute approximate surface area is 90.7 Å². The standard InChI is InChI=1S/C9H12BrNOS/c1-7-4-6-13-8(7)3-5-11(2)9(10)12/h4,6H,3,5H2,1-2H3. The van der Waals surface area contributed by atoms with E-state index in [0.717, 1.165) is 13.0 Å². The highest BCUT2D eigenvalue weighted by Gasteiger charge is 2.05. The number of nitrogens with zero attached hydrogens (tertiary/aromatic N) is 1. The summed E-state index contributed by atoms with van der Waals surface area (Å²) in [6, 6.07) is 2.11. The van der Waals surface area contributed by atoms with Crippen LogP contribution in [0.1, 0.15) is 10.4 Å². The van der Waals surface area contributed by atoms with Crippen molar-refractivity contribution in [2.45, 2.75) is 13.3 Å². The molecule has 0 aromatic carbocycles. The Morgan fingerprint density at radius 1 is 1.69 bits per heavy atom. The van der Waals surface area contributed by atoms with Crippen molar-refractivity contribution in [1.29, 1.82) is 0 Å². The van der Waals surface area contributed by atoms with Crippen LogP contribution in [0.2, 0.25) is 0 Å². The molecular formula is C9H12BrNOS. The molecule has 4 heteroatoms. The topological polar surface area (TPSA) is 20.3 Å². The number of halogens is 1. The highest BCUT2D eigenvalue weighted by atomic mass is 79.9. The summed E-state index contributed by atoms with van der Waals surface area (Å²) in [6.45, 7) is 2.87. The molecule has 1 aromatic rings. The first-order chi connectivity index (χ1) is 6.11. The van der Waals surface area contributed by atoms with Crippen LogP contribution in [0.15, 0.2) is 11.4 Å². The van der Waals surface area contributed by atoms with Crippen molar-refractivity contribution >= 4 is 32.1 Å². The van der Waals surface area contributed by atoms with Crippen LogP contribution in [0, 0.1) is 6.92 Å². The highest BCUT2D eigenvalue weighted by molar-refractivity contribution is 9.18. The number of hydrogen-bond donors (Lipinski definition) is 0. The second-order valence-electron chi connectivity index (χ2n) is 2.95. The number of aryl methyl sites for hydroxylation is 1. The van der Waals surface area contributed by atoms with Crippen molar-refractivity contribution in [1.82, 2.24) is 4.90 Å². The number of thiophene rings is 1. The van der Waals surface area contributed by atoms with Crippen LogP contribution in [0.4, 0.5) is 4.79 Å². The van der Waals surface area contributed by atoms with Crippen LogP contribution in [-0.4, -0.2) is 23.3 Å². The van der Waals surface area contributed by atoms with Crippen LogP contribution >= 0.6 is 27.3 Å². The molecule has 0 aliphatic rings. The van der Waals surface area contributed by atoms with Crippen LogP contribution in [0.3, 0.4) is 0 Å². The maximum atomic E-state index is 10.8. The molecule has 0 aliphatic heterocycles. The van der Waals surface area contributed by atoms with Gasteiger partial charge in [-0.1, -0.05) is 0 Å². The van der Waals surface area contributed by atoms with E-state index >= 15 is 0 Å². The molecule has 0 fully saturated rings. The summed E-state index contributed by atoms with van der Waals surface area (Å²) in [4.78, 5) is 13.8. The first-order valence-corrected chi connectivity index (χ1v) is 5.72. The lowest BCUT2D eigenvalue weighted by Gasteiger charge is -2.12. The summed E-state index contributed by atoms with van der Waals surface area (Å²) in [5.74, 6) is 0. The summed E-state index contributed by atoms with van der Waals surface area (Å²) in [6.07, 6.45) is 0.942. The smallest absolute Gasteiger partial charge is 0.289 e. The highest BCUT2D eigenvalue weighted by Crippen LogP contribution is 2.16. The number of rotatable bonds is 3. The third-order valence-electron chi connectivity index (χ3n) is 1.94. The predicted molar refractivity (Wildman–Crippen MR) is 59.7 cm³/mol. The zero-order valence-electron chi connectivity index (χ0n) is 7.71. The summed E-state index contributed by atoms with van der Waals surface area (Å²) >= 11 is 4.66. The van der Waals surface area contributed by atoms with Gasteiger partial charge < -0.3 is 4.90 Å². The van der Waals surface area contributed by atoms with Gasteiger partial charge in [0.1, 0.15) is 0 Å². The number of carbonyl (C=O) groups excluding carboxylic acids is 1. The van der Waals surface area contributed by atoms with Crippen molar-refractivity contribution in [2.24, 2.45) is 0 Å². The average Bonchev–Trinajstić information content (AvgIpc) is 2.47. The zero-order valence-corrected chi connectivity index (χ0v) is 10.1. The SMILES string of the molecule is Cc1ccsc1CCN(C)C(=O)Br. The van der Waals surface area contributed by atoms with Gasteiger partial charge in [0.2, 0.25) is 0 Å². The third kappa shape index (κ3) is 3.12. The number of amides is 1. The third-order valence-corrected chi connectivity index (χ3v) is 3.63. The van der Waals surface area contributed by atoms with Crippen molar-refractivity contribution in [3.63, 3.8) is 0 Å². The molecule has 72 valence electrons. The van der Waals surface area contributed by atoms with E-state index in [2.05, 4.69) is 34.3 Å². The molecule has 0 radical (unpaired) electrons. The molecule has 1 heterocycles. The second-order valence-corrected chi connectivity index (χ2v) is 4.63. The molecule has 1 rings (SSSR count). The van der Waals surface area contributed by atoms with Gasteiger partial charge in [0.25, 0.3) is 4.82 Å². The van der Waals surface area contributed by atoms with Crippen LogP contribution < -0.4 is 0 Å². The van der Waals surface area contributed by atoms with Gasteiger partial charge in [-0.05, 0) is 30.4 Å². The predicted octanol–water partition coefficient (Wildman–Crippen LogP) is 3.05. The fraction of sp³-hybridized carbons (Fsp3) is 0.444. The lowest BCUT2D eigenvalue weighted by Crippen LogP contribution is -2.22. The Kier molecular flexibility index (Phi) is 3.93. The van der Waals surface area contributed by atoms with E-state index in [1.165, 1.54) is 10.4 Å². The van der Waals surface area contributed by atoms with E-state index in [1.54, 1.807) is 23.3 Å². The van der Waals surface area contributed by atoms with E-state index in [4.69, 9.17) is 0 Å². The molecular weight excluding hydrogens is 250 g/mol. The largest absolute Gasteiger partial charge is 0.336 e. The fourth-order valence-corrected chi connectivity index (χ4v) is 2.09. The van der Waals surface area contributed by atoms with E-state index in [1.807, 2.05) is 0 Å². The van der Waals surface area contributed by atoms with Crippen molar-refractivity contribution in [3.8, 4) is 0 Å². The summed E-state index contributed by atoms with van der Waals surface area (Å²) in [5, 5.41) is 2.08. The average molecular weight is 262 g/mol. The molecule has 2 nitrogen and oxygen atoms in total. The Hall–Kier alpha value is -0.350. The Balaban J connectivity index is 2.44. The zero-order chi connectivity index (χ0) is 9.84. The van der Waals surface area contributed by atoms with Gasteiger partial charge in [-0.15, -0.1) is 11.3 Å². The molecule has 13 heavy (non-hydrogen) atoms. The van der Waals surface area contributed by atoms with Crippen molar-refractivity contribution in [3.05, 3.63) is 21.9 Å². The van der Waals surface area contributed by atoms with Gasteiger partial charge in [0.15, 0.2) is 0 Å². The molecule has 1 aromatic heterocycles. The second kappa shape index (κ2) is 4.77. The van der Waals surface area contributed by atoms with Gasteiger partial charge in [-0.25, -0.2) is 0 Å². The number of likely N-dealkylation sites (N-methyl/N-ethyl adjacent to an activating group) is 1. The normalized spacial score (nSPS) is 10.1. The molecule has 0 atom stereocenters. The van der Waals surface area contributed by atoms with E-state index in [9.17, 15) is 4.79 Å². The lowest BCUT2D eigenvalue weighted by atomic mass is 10.2. The maximum Gasteiger partial charge on any atom is 0.289 e. The van der Waals surface area contributed by atoms with Crippen LogP contribution in [-0.2, 0) is 6.42 Å². The first kappa shape index (κ1) is 10.7. The summed E-state index contributed by atoms with van der Waals surface area (Å²) in [5.41, 5.74) is 1.32. The minimum absolute atomic E-state index is 0.0540. The Morgan fingerprint density at radius 3 is 2.85 bits per heavy atom. The van der Waals surface area contributed by atoms with Crippen molar-refractivity contribution < 1.29 is 4.79 Å². The molecule has 0 unspecified atom stereocenters. The van der Waals surface area contributed by atoms with Gasteiger partial charge >= 0.3 is 0 Å². The molecule has 0 N–H and O–H groups in total.